The maximum Gasteiger partial charge on any atom is 0.411 e. The number of anilines is 1. The van der Waals surface area contributed by atoms with Gasteiger partial charge in [-0.3, -0.25) is 5.32 Å². The van der Waals surface area contributed by atoms with E-state index in [-0.39, 0.29) is 17.7 Å². The quantitative estimate of drug-likeness (QED) is 0.903. The van der Waals surface area contributed by atoms with Gasteiger partial charge < -0.3 is 9.84 Å². The van der Waals surface area contributed by atoms with E-state index in [1.54, 1.807) is 6.07 Å². The summed E-state index contributed by atoms with van der Waals surface area (Å²) >= 11 is 0. The number of hydrogen-bond donors (Lipinski definition) is 2. The van der Waals surface area contributed by atoms with Gasteiger partial charge in [0.15, 0.2) is 0 Å². The van der Waals surface area contributed by atoms with Crippen molar-refractivity contribution in [3.8, 4) is 6.07 Å². The number of nitrogens with one attached hydrogen (secondary N) is 1. The van der Waals surface area contributed by atoms with Gasteiger partial charge in [0, 0.05) is 5.69 Å². The number of carbonyl (C=O) groups is 2. The molecule has 110 valence electrons. The van der Waals surface area contributed by atoms with Crippen molar-refractivity contribution in [3.05, 3.63) is 65.2 Å². The van der Waals surface area contributed by atoms with Crippen molar-refractivity contribution in [2.24, 2.45) is 0 Å². The van der Waals surface area contributed by atoms with Gasteiger partial charge in [-0.2, -0.15) is 5.26 Å². The molecule has 0 spiro atoms. The van der Waals surface area contributed by atoms with Crippen molar-refractivity contribution < 1.29 is 19.4 Å². The molecule has 0 heterocycles. The van der Waals surface area contributed by atoms with Crippen LogP contribution >= 0.6 is 0 Å². The van der Waals surface area contributed by atoms with Crippen LogP contribution in [0.5, 0.6) is 0 Å². The van der Waals surface area contributed by atoms with Crippen molar-refractivity contribution >= 4 is 17.7 Å². The minimum Gasteiger partial charge on any atom is -0.478 e. The first kappa shape index (κ1) is 15.1. The molecule has 0 atom stereocenters. The highest BCUT2D eigenvalue weighted by Gasteiger charge is 2.12. The summed E-state index contributed by atoms with van der Waals surface area (Å²) in [5.74, 6) is -1.20. The minimum absolute atomic E-state index is 0.0339. The van der Waals surface area contributed by atoms with Crippen LogP contribution in [0.25, 0.3) is 0 Å². The van der Waals surface area contributed by atoms with E-state index in [0.717, 1.165) is 5.56 Å². The first-order valence-corrected chi connectivity index (χ1v) is 6.35. The second-order valence-corrected chi connectivity index (χ2v) is 4.36. The van der Waals surface area contributed by atoms with Crippen molar-refractivity contribution in [1.82, 2.24) is 0 Å². The van der Waals surface area contributed by atoms with Crippen LogP contribution in [0.2, 0.25) is 0 Å². The molecule has 2 aromatic rings. The number of hydrogen-bond acceptors (Lipinski definition) is 4. The lowest BCUT2D eigenvalue weighted by molar-refractivity contribution is 0.0696. The largest absolute Gasteiger partial charge is 0.478 e. The van der Waals surface area contributed by atoms with E-state index in [9.17, 15) is 9.59 Å². The van der Waals surface area contributed by atoms with Crippen LogP contribution in [-0.4, -0.2) is 17.2 Å². The van der Waals surface area contributed by atoms with E-state index in [1.165, 1.54) is 18.2 Å². The molecule has 0 aliphatic heterocycles. The Morgan fingerprint density at radius 1 is 1.18 bits per heavy atom. The van der Waals surface area contributed by atoms with Gasteiger partial charge in [0.25, 0.3) is 0 Å². The Morgan fingerprint density at radius 3 is 2.55 bits per heavy atom. The molecular weight excluding hydrogens is 284 g/mol. The predicted molar refractivity (Wildman–Crippen MR) is 78.4 cm³/mol. The van der Waals surface area contributed by atoms with Crippen LogP contribution in [0.4, 0.5) is 10.5 Å². The summed E-state index contributed by atoms with van der Waals surface area (Å²) in [7, 11) is 0. The zero-order valence-electron chi connectivity index (χ0n) is 11.4. The molecule has 2 rings (SSSR count). The van der Waals surface area contributed by atoms with Crippen molar-refractivity contribution in [1.29, 1.82) is 5.26 Å². The third-order valence-corrected chi connectivity index (χ3v) is 2.83. The number of amides is 1. The Balaban J connectivity index is 2.00. The Morgan fingerprint density at radius 2 is 1.91 bits per heavy atom. The van der Waals surface area contributed by atoms with E-state index in [0.29, 0.717) is 5.69 Å². The van der Waals surface area contributed by atoms with Gasteiger partial charge in [-0.05, 0) is 23.8 Å². The van der Waals surface area contributed by atoms with Gasteiger partial charge in [-0.25, -0.2) is 9.59 Å². The number of nitriles is 1. The zero-order chi connectivity index (χ0) is 15.9. The summed E-state index contributed by atoms with van der Waals surface area (Å²) in [6.07, 6.45) is -0.684. The predicted octanol–water partition coefficient (Wildman–Crippen LogP) is 3.01. The first-order chi connectivity index (χ1) is 10.6. The number of carbonyl (C=O) groups excluding carboxylic acids is 1. The SMILES string of the molecule is N#Cc1cc(NC(=O)OCc2ccccc2)ccc1C(=O)O. The Bertz CT molecular complexity index is 736. The average molecular weight is 296 g/mol. The molecule has 0 saturated carbocycles. The first-order valence-electron chi connectivity index (χ1n) is 6.35. The third-order valence-electron chi connectivity index (χ3n) is 2.83. The van der Waals surface area contributed by atoms with Crippen LogP contribution in [0.1, 0.15) is 21.5 Å². The lowest BCUT2D eigenvalue weighted by Crippen LogP contribution is -2.14. The average Bonchev–Trinajstić information content (AvgIpc) is 2.53. The summed E-state index contributed by atoms with van der Waals surface area (Å²) in [6, 6.07) is 14.9. The maximum atomic E-state index is 11.7. The molecule has 6 heteroatoms. The van der Waals surface area contributed by atoms with E-state index in [1.807, 2.05) is 30.3 Å². The molecule has 22 heavy (non-hydrogen) atoms. The number of aromatic carboxylic acids is 1. The highest BCUT2D eigenvalue weighted by Crippen LogP contribution is 2.16. The minimum atomic E-state index is -1.20. The molecular formula is C16H12N2O4. The number of carboxylic acid groups (broad SMARTS) is 1. The highest BCUT2D eigenvalue weighted by atomic mass is 16.5. The van der Waals surface area contributed by atoms with Gasteiger partial charge in [0.1, 0.15) is 12.7 Å². The van der Waals surface area contributed by atoms with Crippen LogP contribution < -0.4 is 5.32 Å². The van der Waals surface area contributed by atoms with Gasteiger partial charge in [0.2, 0.25) is 0 Å². The number of rotatable bonds is 4. The Kier molecular flexibility index (Phi) is 4.73. The van der Waals surface area contributed by atoms with Gasteiger partial charge >= 0.3 is 12.1 Å². The zero-order valence-corrected chi connectivity index (χ0v) is 11.4. The van der Waals surface area contributed by atoms with Crippen LogP contribution in [0.3, 0.4) is 0 Å². The molecule has 2 aromatic carbocycles. The van der Waals surface area contributed by atoms with E-state index >= 15 is 0 Å². The van der Waals surface area contributed by atoms with Crippen LogP contribution in [-0.2, 0) is 11.3 Å². The number of nitrogens with zero attached hydrogens (tertiary/aromatic N) is 1. The lowest BCUT2D eigenvalue weighted by atomic mass is 10.1. The second kappa shape index (κ2) is 6.90. The Labute approximate surface area is 126 Å². The lowest BCUT2D eigenvalue weighted by Gasteiger charge is -2.08. The summed E-state index contributed by atoms with van der Waals surface area (Å²) in [4.78, 5) is 22.6. The van der Waals surface area contributed by atoms with Crippen molar-refractivity contribution in [3.63, 3.8) is 0 Å². The topological polar surface area (TPSA) is 99.4 Å². The molecule has 0 aliphatic rings. The normalized spacial score (nSPS) is 9.59. The van der Waals surface area contributed by atoms with E-state index in [2.05, 4.69) is 5.32 Å². The number of benzene rings is 2. The number of ether oxygens (including phenoxy) is 1. The van der Waals surface area contributed by atoms with Crippen molar-refractivity contribution in [2.45, 2.75) is 6.61 Å². The summed E-state index contributed by atoms with van der Waals surface area (Å²) in [5, 5.41) is 20.3. The van der Waals surface area contributed by atoms with E-state index < -0.39 is 12.1 Å². The van der Waals surface area contributed by atoms with Crippen LogP contribution in [0, 0.1) is 11.3 Å². The maximum absolute atomic E-state index is 11.7. The molecule has 0 saturated heterocycles. The fraction of sp³-hybridized carbons (Fsp3) is 0.0625. The summed E-state index contributed by atoms with van der Waals surface area (Å²) in [5.41, 5.74) is 0.982. The monoisotopic (exact) mass is 296 g/mol. The molecule has 0 fully saturated rings. The molecule has 6 nitrogen and oxygen atoms in total. The molecule has 2 N–H and O–H groups in total. The van der Waals surface area contributed by atoms with Crippen LogP contribution in [0.15, 0.2) is 48.5 Å². The Hall–Kier alpha value is -3.33. The molecule has 0 radical (unpaired) electrons. The van der Waals surface area contributed by atoms with Gasteiger partial charge in [-0.1, -0.05) is 30.3 Å². The smallest absolute Gasteiger partial charge is 0.411 e. The number of carboxylic acids is 1. The molecule has 1 amide bonds. The summed E-state index contributed by atoms with van der Waals surface area (Å²) < 4.78 is 5.03. The second-order valence-electron chi connectivity index (χ2n) is 4.36. The van der Waals surface area contributed by atoms with E-state index in [4.69, 9.17) is 15.1 Å². The summed E-state index contributed by atoms with van der Waals surface area (Å²) in [6.45, 7) is 0.116. The molecule has 0 aliphatic carbocycles. The highest BCUT2D eigenvalue weighted by molar-refractivity contribution is 5.92. The standard InChI is InChI=1S/C16H12N2O4/c17-9-12-8-13(6-7-14(12)15(19)20)18-16(21)22-10-11-4-2-1-3-5-11/h1-8H,10H2,(H,18,21)(H,19,20). The van der Waals surface area contributed by atoms with Gasteiger partial charge in [-0.15, -0.1) is 0 Å². The molecule has 0 unspecified atom stereocenters. The fourth-order valence-corrected chi connectivity index (χ4v) is 1.78. The van der Waals surface area contributed by atoms with Gasteiger partial charge in [0.05, 0.1) is 11.1 Å². The third kappa shape index (κ3) is 3.84. The molecule has 0 bridgehead atoms. The van der Waals surface area contributed by atoms with Crippen molar-refractivity contribution in [2.75, 3.05) is 5.32 Å². The molecule has 0 aromatic heterocycles. The fourth-order valence-electron chi connectivity index (χ4n) is 1.78.